The van der Waals surface area contributed by atoms with E-state index in [4.69, 9.17) is 34.5 Å². The van der Waals surface area contributed by atoms with E-state index in [2.05, 4.69) is 78.4 Å². The quantitative estimate of drug-likeness (QED) is 0.0669. The number of benzene rings is 1. The number of esters is 1. The molecule has 7 atom stereocenters. The van der Waals surface area contributed by atoms with Gasteiger partial charge in [-0.15, -0.1) is 0 Å². The second kappa shape index (κ2) is 21.6. The molecule has 1 aliphatic rings. The van der Waals surface area contributed by atoms with Gasteiger partial charge in [0.15, 0.2) is 22.9 Å². The normalized spacial score (nSPS) is 20.4. The number of methoxy groups -OCH3 is 1. The lowest BCUT2D eigenvalue weighted by molar-refractivity contribution is -0.166. The number of carbonyl (C=O) groups excluding carboxylic acids is 2. The van der Waals surface area contributed by atoms with Crippen LogP contribution in [0.2, 0.25) is 36.3 Å². The first-order chi connectivity index (χ1) is 28.5. The van der Waals surface area contributed by atoms with Crippen molar-refractivity contribution in [2.75, 3.05) is 26.7 Å². The Bertz CT molecular complexity index is 1880. The van der Waals surface area contributed by atoms with Crippen LogP contribution in [-0.4, -0.2) is 112 Å². The number of amides is 1. The minimum absolute atomic E-state index is 0.0236. The molecule has 0 saturated carbocycles. The Morgan fingerprint density at radius 2 is 1.45 bits per heavy atom. The van der Waals surface area contributed by atoms with Crippen LogP contribution in [0.25, 0.3) is 0 Å². The zero-order valence-corrected chi connectivity index (χ0v) is 41.8. The minimum atomic E-state index is -2.71. The van der Waals surface area contributed by atoms with Crippen LogP contribution in [0.1, 0.15) is 99.8 Å². The monoisotopic (exact) mass is 907 g/mol. The van der Waals surface area contributed by atoms with Crippen molar-refractivity contribution in [3.8, 4) is 5.75 Å². The lowest BCUT2D eigenvalue weighted by Crippen LogP contribution is -2.59. The maximum absolute atomic E-state index is 14.6. The van der Waals surface area contributed by atoms with E-state index in [1.165, 1.54) is 16.8 Å². The Morgan fingerprint density at radius 1 is 0.871 bits per heavy atom. The third-order valence-corrected chi connectivity index (χ3v) is 21.2. The molecule has 1 aromatic heterocycles. The highest BCUT2D eigenvalue weighted by atomic mass is 28.4. The van der Waals surface area contributed by atoms with E-state index in [-0.39, 0.29) is 35.6 Å². The summed E-state index contributed by atoms with van der Waals surface area (Å²) in [6, 6.07) is 6.40. The van der Waals surface area contributed by atoms with Crippen LogP contribution in [0, 0.1) is 0 Å². The molecule has 0 bridgehead atoms. The first-order valence-corrected chi connectivity index (χ1v) is 27.7. The predicted molar refractivity (Wildman–Crippen MR) is 247 cm³/mol. The summed E-state index contributed by atoms with van der Waals surface area (Å²) in [5, 5.41) is 18.0. The highest BCUT2D eigenvalue weighted by Gasteiger charge is 2.57. The predicted octanol–water partition coefficient (Wildman–Crippen LogP) is 4.37. The van der Waals surface area contributed by atoms with Crippen molar-refractivity contribution in [2.24, 2.45) is 11.5 Å². The number of hydrogen-bond donors (Lipinski definition) is 5. The number of aliphatic hydroxyl groups excluding tert-OH is 1. The molecular formula is C44H78N6O10Si2. The number of aliphatic hydroxyl groups is 1. The summed E-state index contributed by atoms with van der Waals surface area (Å²) in [6.07, 6.45) is -2.10. The number of nitrogens with two attached hydrogens (primary N) is 2. The summed E-state index contributed by atoms with van der Waals surface area (Å²) in [4.78, 5) is 54.6. The van der Waals surface area contributed by atoms with Crippen LogP contribution in [0.5, 0.6) is 5.75 Å². The van der Waals surface area contributed by atoms with E-state index in [1.54, 1.807) is 52.1 Å². The third-order valence-electron chi connectivity index (χ3n) is 12.2. The number of nitrogens with one attached hydrogen (secondary N) is 2. The topological polar surface area (TPSA) is 221 Å². The van der Waals surface area contributed by atoms with Crippen LogP contribution in [0.15, 0.2) is 46.1 Å². The molecule has 16 nitrogen and oxygen atoms in total. The van der Waals surface area contributed by atoms with Gasteiger partial charge in [0.25, 0.3) is 5.56 Å². The first kappa shape index (κ1) is 53.1. The average Bonchev–Trinajstić information content (AvgIpc) is 3.48. The fourth-order valence-electron chi connectivity index (χ4n) is 6.47. The number of aromatic nitrogens is 2. The Labute approximate surface area is 371 Å². The summed E-state index contributed by atoms with van der Waals surface area (Å²) >= 11 is 0. The van der Waals surface area contributed by atoms with Gasteiger partial charge >= 0.3 is 11.7 Å². The highest BCUT2D eigenvalue weighted by molar-refractivity contribution is 6.74. The molecule has 1 amide bonds. The third kappa shape index (κ3) is 14.1. The molecule has 1 saturated heterocycles. The zero-order chi connectivity index (χ0) is 47.0. The van der Waals surface area contributed by atoms with Crippen LogP contribution < -0.4 is 38.1 Å². The van der Waals surface area contributed by atoms with Gasteiger partial charge in [-0.05, 0) is 107 Å². The van der Waals surface area contributed by atoms with Crippen molar-refractivity contribution in [1.29, 1.82) is 0 Å². The van der Waals surface area contributed by atoms with E-state index >= 15 is 0 Å². The Kier molecular flexibility index (Phi) is 18.6. The van der Waals surface area contributed by atoms with Gasteiger partial charge in [0.1, 0.15) is 41.8 Å². The van der Waals surface area contributed by atoms with Gasteiger partial charge in [-0.3, -0.25) is 23.5 Å². The van der Waals surface area contributed by atoms with E-state index in [9.17, 15) is 24.3 Å². The fourth-order valence-corrected chi connectivity index (χ4v) is 9.05. The molecule has 0 spiro atoms. The van der Waals surface area contributed by atoms with Gasteiger partial charge in [-0.2, -0.15) is 0 Å². The van der Waals surface area contributed by atoms with E-state index in [0.717, 1.165) is 17.4 Å². The molecule has 2 aromatic rings. The largest absolute Gasteiger partial charge is 0.497 e. The van der Waals surface area contributed by atoms with E-state index in [0.29, 0.717) is 30.7 Å². The fraction of sp³-hybridized carbons (Fsp3) is 0.727. The summed E-state index contributed by atoms with van der Waals surface area (Å²) in [5.41, 5.74) is 10.3. The summed E-state index contributed by atoms with van der Waals surface area (Å²) < 4.78 is 34.9. The van der Waals surface area contributed by atoms with Crippen molar-refractivity contribution in [3.63, 3.8) is 0 Å². The molecule has 62 heavy (non-hydrogen) atoms. The molecular weight excluding hydrogens is 829 g/mol. The van der Waals surface area contributed by atoms with Crippen molar-refractivity contribution in [1.82, 2.24) is 19.8 Å². The SMILES string of the molecule is COc1ccc(Cn2c(=O)ccn(C3OC(C(O)C(NCCCNC(=O)C(N)CCCCN)C(=O)OC(C)(C)C)C(O[Si](C)(C)C(C)(C)C)C3O[Si](C)(C)C(C)(C)C)c2=O)cc1. The van der Waals surface area contributed by atoms with Crippen LogP contribution in [0.3, 0.4) is 0 Å². The number of hydrogen-bond acceptors (Lipinski definition) is 13. The maximum Gasteiger partial charge on any atom is 0.333 e. The van der Waals surface area contributed by atoms with Gasteiger partial charge in [-0.25, -0.2) is 4.79 Å². The van der Waals surface area contributed by atoms with Crippen molar-refractivity contribution < 1.29 is 37.8 Å². The molecule has 0 aliphatic carbocycles. The second-order valence-electron chi connectivity index (χ2n) is 20.4. The smallest absolute Gasteiger partial charge is 0.333 e. The maximum atomic E-state index is 14.6. The highest BCUT2D eigenvalue weighted by Crippen LogP contribution is 2.46. The van der Waals surface area contributed by atoms with E-state index in [1.807, 2.05) is 0 Å². The molecule has 3 rings (SSSR count). The summed E-state index contributed by atoms with van der Waals surface area (Å²) in [5.74, 6) is -0.365. The summed E-state index contributed by atoms with van der Waals surface area (Å²) in [6.45, 7) is 27.1. The van der Waals surface area contributed by atoms with Crippen LogP contribution in [-0.2, 0) is 34.5 Å². The Balaban J connectivity index is 2.15. The van der Waals surface area contributed by atoms with Gasteiger partial charge in [-0.1, -0.05) is 60.1 Å². The lowest BCUT2D eigenvalue weighted by Gasteiger charge is -2.44. The van der Waals surface area contributed by atoms with Crippen molar-refractivity contribution >= 4 is 28.5 Å². The molecule has 7 unspecified atom stereocenters. The summed E-state index contributed by atoms with van der Waals surface area (Å²) in [7, 11) is -3.85. The number of ether oxygens (including phenoxy) is 3. The molecule has 1 fully saturated rings. The lowest BCUT2D eigenvalue weighted by atomic mass is 9.99. The molecule has 7 N–H and O–H groups in total. The number of rotatable bonds is 21. The number of nitrogens with zero attached hydrogens (tertiary/aromatic N) is 2. The Hall–Kier alpha value is -3.21. The van der Waals surface area contributed by atoms with Gasteiger partial charge in [0.05, 0.1) is 19.7 Å². The zero-order valence-electron chi connectivity index (χ0n) is 39.8. The Morgan fingerprint density at radius 3 is 1.98 bits per heavy atom. The van der Waals surface area contributed by atoms with Crippen molar-refractivity contribution in [3.05, 3.63) is 62.9 Å². The van der Waals surface area contributed by atoms with Gasteiger partial charge in [0.2, 0.25) is 5.91 Å². The second-order valence-corrected chi connectivity index (χ2v) is 30.0. The molecule has 2 heterocycles. The molecule has 352 valence electrons. The molecule has 18 heteroatoms. The average molecular weight is 907 g/mol. The number of carbonyl (C=O) groups is 2. The standard InChI is InChI=1S/C44H78N6O10Si2/c1-42(2,3)58-40(54)33(47-25-17-26-48-38(53)31(46)18-15-16-24-45)34(52)35-36(59-61(11,12)43(4,5)6)37(60-62(13,14)44(7,8)9)39(57-35)49-27-23-32(51)50(41(49)55)28-29-19-21-30(56-10)22-20-29/h19-23,27,31,33-37,39,47,52H,15-18,24-26,28,45-46H2,1-14H3,(H,48,53). The van der Waals surface area contributed by atoms with Crippen molar-refractivity contribution in [2.45, 2.75) is 179 Å². The number of unbranched alkanes of at least 4 members (excludes halogenated alkanes) is 1. The molecule has 0 radical (unpaired) electrons. The van der Waals surface area contributed by atoms with Crippen LogP contribution in [0.4, 0.5) is 0 Å². The van der Waals surface area contributed by atoms with Gasteiger partial charge < -0.3 is 50.3 Å². The molecule has 1 aromatic carbocycles. The van der Waals surface area contributed by atoms with Gasteiger partial charge in [0, 0.05) is 18.8 Å². The van der Waals surface area contributed by atoms with Crippen LogP contribution >= 0.6 is 0 Å². The van der Waals surface area contributed by atoms with E-state index < -0.39 is 82.2 Å². The minimum Gasteiger partial charge on any atom is -0.497 e. The molecule has 1 aliphatic heterocycles. The first-order valence-electron chi connectivity index (χ1n) is 21.9.